The van der Waals surface area contributed by atoms with E-state index in [1.165, 1.54) is 6.20 Å². The van der Waals surface area contributed by atoms with Crippen molar-refractivity contribution in [2.45, 2.75) is 0 Å². The Kier molecular flexibility index (Phi) is 3.00. The first-order valence-electron chi connectivity index (χ1n) is 5.80. The maximum Gasteiger partial charge on any atom is 0.276 e. The minimum absolute atomic E-state index is 0.278. The van der Waals surface area contributed by atoms with E-state index in [0.29, 0.717) is 21.9 Å². The van der Waals surface area contributed by atoms with Crippen molar-refractivity contribution in [1.82, 2.24) is 15.2 Å². The molecule has 4 N–H and O–H groups in total. The minimum atomic E-state index is -0.343. The number of carbonyl (C=O) groups is 1. The molecule has 0 bridgehead atoms. The number of pyridine rings is 1. The first kappa shape index (κ1) is 12.4. The van der Waals surface area contributed by atoms with Crippen molar-refractivity contribution < 1.29 is 4.79 Å². The third-order valence-electron chi connectivity index (χ3n) is 2.79. The van der Waals surface area contributed by atoms with Crippen LogP contribution in [0.5, 0.6) is 0 Å². The van der Waals surface area contributed by atoms with Crippen molar-refractivity contribution in [2.24, 2.45) is 0 Å². The molecule has 3 rings (SSSR count). The molecule has 0 aliphatic carbocycles. The van der Waals surface area contributed by atoms with E-state index in [2.05, 4.69) is 20.5 Å². The van der Waals surface area contributed by atoms with E-state index in [0.717, 1.165) is 5.52 Å². The molecule has 20 heavy (non-hydrogen) atoms. The summed E-state index contributed by atoms with van der Waals surface area (Å²) in [6.45, 7) is 0. The van der Waals surface area contributed by atoms with Crippen LogP contribution in [-0.2, 0) is 0 Å². The Hall–Kier alpha value is -2.60. The van der Waals surface area contributed by atoms with Crippen molar-refractivity contribution in [3.63, 3.8) is 0 Å². The topological polar surface area (TPSA) is 96.7 Å². The highest BCUT2D eigenvalue weighted by Gasteiger charge is 2.14. The number of H-pyrrole nitrogens is 1. The first-order chi connectivity index (χ1) is 9.63. The monoisotopic (exact) mass is 287 g/mol. The summed E-state index contributed by atoms with van der Waals surface area (Å²) < 4.78 is 0. The van der Waals surface area contributed by atoms with E-state index in [1.807, 2.05) is 0 Å². The Morgan fingerprint density at radius 3 is 2.95 bits per heavy atom. The van der Waals surface area contributed by atoms with E-state index < -0.39 is 0 Å². The minimum Gasteiger partial charge on any atom is -0.399 e. The van der Waals surface area contributed by atoms with E-state index >= 15 is 0 Å². The van der Waals surface area contributed by atoms with Crippen LogP contribution in [0.2, 0.25) is 5.15 Å². The average Bonchev–Trinajstić information content (AvgIpc) is 2.81. The Balaban J connectivity index is 1.94. The number of anilines is 2. The first-order valence-corrected chi connectivity index (χ1v) is 6.18. The summed E-state index contributed by atoms with van der Waals surface area (Å²) in [6.07, 6.45) is 1.51. The maximum atomic E-state index is 12.2. The number of nitrogens with one attached hydrogen (secondary N) is 2. The van der Waals surface area contributed by atoms with Crippen LogP contribution in [0.15, 0.2) is 36.5 Å². The molecule has 0 aliphatic rings. The normalized spacial score (nSPS) is 10.7. The van der Waals surface area contributed by atoms with Crippen molar-refractivity contribution in [3.8, 4) is 0 Å². The summed E-state index contributed by atoms with van der Waals surface area (Å²) in [5, 5.41) is 10.5. The van der Waals surface area contributed by atoms with Gasteiger partial charge in [-0.2, -0.15) is 5.10 Å². The molecule has 0 saturated carbocycles. The lowest BCUT2D eigenvalue weighted by atomic mass is 10.2. The number of fused-ring (bicyclic) bond motifs is 1. The largest absolute Gasteiger partial charge is 0.399 e. The van der Waals surface area contributed by atoms with Crippen molar-refractivity contribution in [2.75, 3.05) is 11.1 Å². The molecule has 1 amide bonds. The quantitative estimate of drug-likeness (QED) is 0.498. The van der Waals surface area contributed by atoms with Crippen molar-refractivity contribution in [1.29, 1.82) is 0 Å². The molecule has 0 fully saturated rings. The van der Waals surface area contributed by atoms with Gasteiger partial charge in [0, 0.05) is 23.0 Å². The summed E-state index contributed by atoms with van der Waals surface area (Å²) in [4.78, 5) is 16.1. The van der Waals surface area contributed by atoms with Gasteiger partial charge in [-0.15, -0.1) is 0 Å². The van der Waals surface area contributed by atoms with Crippen LogP contribution >= 0.6 is 11.6 Å². The van der Waals surface area contributed by atoms with Gasteiger partial charge in [0.25, 0.3) is 5.91 Å². The van der Waals surface area contributed by atoms with E-state index in [-0.39, 0.29) is 11.6 Å². The highest BCUT2D eigenvalue weighted by molar-refractivity contribution is 6.29. The summed E-state index contributed by atoms with van der Waals surface area (Å²) in [5.41, 5.74) is 7.87. The number of rotatable bonds is 2. The molecular weight excluding hydrogens is 278 g/mol. The number of nitrogens with two attached hydrogens (primary N) is 1. The van der Waals surface area contributed by atoms with Gasteiger partial charge in [-0.05, 0) is 30.3 Å². The highest BCUT2D eigenvalue weighted by Crippen LogP contribution is 2.20. The molecule has 0 unspecified atom stereocenters. The lowest BCUT2D eigenvalue weighted by molar-refractivity contribution is 0.102. The van der Waals surface area contributed by atoms with Crippen LogP contribution in [-0.4, -0.2) is 21.1 Å². The van der Waals surface area contributed by atoms with Gasteiger partial charge < -0.3 is 11.1 Å². The molecule has 7 heteroatoms. The van der Waals surface area contributed by atoms with Gasteiger partial charge in [-0.25, -0.2) is 4.98 Å². The molecule has 100 valence electrons. The van der Waals surface area contributed by atoms with Gasteiger partial charge in [-0.1, -0.05) is 11.6 Å². The Labute approximate surface area is 119 Å². The van der Waals surface area contributed by atoms with Crippen LogP contribution in [0, 0.1) is 0 Å². The number of hydrogen-bond donors (Lipinski definition) is 3. The number of halogens is 1. The number of benzene rings is 1. The molecule has 3 aromatic rings. The van der Waals surface area contributed by atoms with Crippen LogP contribution in [0.25, 0.3) is 10.9 Å². The van der Waals surface area contributed by atoms with Crippen molar-refractivity contribution in [3.05, 3.63) is 47.4 Å². The fourth-order valence-electron chi connectivity index (χ4n) is 1.88. The van der Waals surface area contributed by atoms with Crippen molar-refractivity contribution >= 4 is 39.8 Å². The zero-order valence-electron chi connectivity index (χ0n) is 10.2. The second kappa shape index (κ2) is 4.82. The molecule has 0 aliphatic heterocycles. The Morgan fingerprint density at radius 1 is 1.30 bits per heavy atom. The lowest BCUT2D eigenvalue weighted by Gasteiger charge is -2.03. The van der Waals surface area contributed by atoms with Gasteiger partial charge in [-0.3, -0.25) is 9.89 Å². The number of aromatic nitrogens is 3. The van der Waals surface area contributed by atoms with Crippen LogP contribution in [0.3, 0.4) is 0 Å². The summed E-state index contributed by atoms with van der Waals surface area (Å²) in [7, 11) is 0. The van der Waals surface area contributed by atoms with Crippen LogP contribution in [0.1, 0.15) is 10.5 Å². The molecule has 2 heterocycles. The lowest BCUT2D eigenvalue weighted by Crippen LogP contribution is -2.12. The summed E-state index contributed by atoms with van der Waals surface area (Å²) in [5.74, 6) is -0.343. The van der Waals surface area contributed by atoms with Crippen LogP contribution in [0.4, 0.5) is 11.4 Å². The molecule has 0 radical (unpaired) electrons. The molecular formula is C13H10ClN5O. The van der Waals surface area contributed by atoms with Crippen LogP contribution < -0.4 is 11.1 Å². The second-order valence-corrected chi connectivity index (χ2v) is 4.59. The third-order valence-corrected chi connectivity index (χ3v) is 2.99. The zero-order valence-corrected chi connectivity index (χ0v) is 11.0. The molecule has 0 saturated heterocycles. The number of nitrogen functional groups attached to an aromatic ring is 1. The fourth-order valence-corrected chi connectivity index (χ4v) is 2.05. The number of hydrogen-bond acceptors (Lipinski definition) is 4. The standard InChI is InChI=1S/C13H10ClN5O/c14-11-6-8(3-4-16-11)17-13(20)12-9-5-7(15)1-2-10(9)18-19-12/h1-6H,15H2,(H,18,19)(H,16,17,20). The Bertz CT molecular complexity index is 798. The smallest absolute Gasteiger partial charge is 0.276 e. The van der Waals surface area contributed by atoms with Gasteiger partial charge in [0.05, 0.1) is 5.52 Å². The van der Waals surface area contributed by atoms with E-state index in [4.69, 9.17) is 17.3 Å². The highest BCUT2D eigenvalue weighted by atomic mass is 35.5. The number of amides is 1. The van der Waals surface area contributed by atoms with Gasteiger partial charge in [0.2, 0.25) is 0 Å². The third kappa shape index (κ3) is 2.28. The SMILES string of the molecule is Nc1ccc2[nH]nc(C(=O)Nc3ccnc(Cl)c3)c2c1. The molecule has 0 spiro atoms. The van der Waals surface area contributed by atoms with E-state index in [9.17, 15) is 4.79 Å². The molecule has 2 aromatic heterocycles. The number of carbonyl (C=O) groups excluding carboxylic acids is 1. The Morgan fingerprint density at radius 2 is 2.15 bits per heavy atom. The molecule has 6 nitrogen and oxygen atoms in total. The van der Waals surface area contributed by atoms with E-state index in [1.54, 1.807) is 30.3 Å². The van der Waals surface area contributed by atoms with Gasteiger partial charge in [0.1, 0.15) is 5.15 Å². The summed E-state index contributed by atoms with van der Waals surface area (Å²) in [6, 6.07) is 8.42. The fraction of sp³-hybridized carbons (Fsp3) is 0. The van der Waals surface area contributed by atoms with Gasteiger partial charge in [0.15, 0.2) is 5.69 Å². The predicted octanol–water partition coefficient (Wildman–Crippen LogP) is 2.45. The zero-order chi connectivity index (χ0) is 14.1. The molecule has 0 atom stereocenters. The predicted molar refractivity (Wildman–Crippen MR) is 77.7 cm³/mol. The average molecular weight is 288 g/mol. The molecule has 1 aromatic carbocycles. The van der Waals surface area contributed by atoms with Gasteiger partial charge >= 0.3 is 0 Å². The second-order valence-electron chi connectivity index (χ2n) is 4.20. The maximum absolute atomic E-state index is 12.2. The number of nitrogens with zero attached hydrogens (tertiary/aromatic N) is 2. The number of aromatic amines is 1. The summed E-state index contributed by atoms with van der Waals surface area (Å²) >= 11 is 5.77.